The van der Waals surface area contributed by atoms with Gasteiger partial charge in [-0.3, -0.25) is 24.6 Å². The third-order valence-corrected chi connectivity index (χ3v) is 7.33. The van der Waals surface area contributed by atoms with Crippen molar-refractivity contribution in [2.24, 2.45) is 0 Å². The number of rotatable bonds is 8. The van der Waals surface area contributed by atoms with Crippen molar-refractivity contribution in [1.82, 2.24) is 9.47 Å². The second-order valence-corrected chi connectivity index (χ2v) is 10.1. The van der Waals surface area contributed by atoms with Crippen LogP contribution < -0.4 is 4.74 Å². The molecule has 5 rings (SSSR count). The topological polar surface area (TPSA) is 94.7 Å². The summed E-state index contributed by atoms with van der Waals surface area (Å²) >= 11 is 0.901. The summed E-state index contributed by atoms with van der Waals surface area (Å²) in [5.41, 5.74) is 4.32. The maximum absolute atomic E-state index is 13.1. The number of amides is 2. The van der Waals surface area contributed by atoms with E-state index in [4.69, 9.17) is 4.74 Å². The fourth-order valence-electron chi connectivity index (χ4n) is 4.47. The van der Waals surface area contributed by atoms with Gasteiger partial charge < -0.3 is 9.30 Å². The van der Waals surface area contributed by atoms with E-state index in [1.807, 2.05) is 67.1 Å². The molecule has 0 spiro atoms. The Morgan fingerprint density at radius 3 is 2.61 bits per heavy atom. The maximum Gasteiger partial charge on any atom is 0.293 e. The van der Waals surface area contributed by atoms with E-state index in [1.54, 1.807) is 24.3 Å². The largest absolute Gasteiger partial charge is 0.491 e. The molecule has 0 atom stereocenters. The van der Waals surface area contributed by atoms with Gasteiger partial charge in [0.1, 0.15) is 12.4 Å². The first-order valence-electron chi connectivity index (χ1n) is 12.1. The Morgan fingerprint density at radius 1 is 1.03 bits per heavy atom. The number of hydrogen-bond acceptors (Lipinski definition) is 6. The van der Waals surface area contributed by atoms with Gasteiger partial charge in [-0.15, -0.1) is 0 Å². The zero-order chi connectivity index (χ0) is 26.8. The molecule has 192 valence electrons. The number of nitro groups is 1. The molecule has 1 aromatic heterocycles. The molecule has 4 aromatic rings. The molecule has 0 unspecified atom stereocenters. The van der Waals surface area contributed by atoms with Crippen LogP contribution in [-0.4, -0.2) is 38.7 Å². The number of nitrogens with zero attached hydrogens (tertiary/aromatic N) is 3. The number of carbonyl (C=O) groups excluding carboxylic acids is 2. The van der Waals surface area contributed by atoms with Crippen molar-refractivity contribution in [2.75, 3.05) is 13.2 Å². The predicted molar refractivity (Wildman–Crippen MR) is 148 cm³/mol. The van der Waals surface area contributed by atoms with Crippen LogP contribution in [0.25, 0.3) is 17.0 Å². The van der Waals surface area contributed by atoms with Gasteiger partial charge in [-0.1, -0.05) is 48.5 Å². The van der Waals surface area contributed by atoms with E-state index in [1.165, 1.54) is 11.0 Å². The number of aromatic nitrogens is 1. The lowest BCUT2D eigenvalue weighted by Gasteiger charge is -2.14. The number of ether oxygens (including phenoxy) is 1. The van der Waals surface area contributed by atoms with E-state index >= 15 is 0 Å². The SMILES string of the molecule is Cc1ccc(C)c(OCCN2C(=O)S/C(=C\c3cn(Cc4ccccc4[N+](=O)[O-])c4ccccc34)C2=O)c1. The van der Waals surface area contributed by atoms with Crippen molar-refractivity contribution < 1.29 is 19.2 Å². The monoisotopic (exact) mass is 527 g/mol. The number of imide groups is 1. The van der Waals surface area contributed by atoms with E-state index < -0.39 is 0 Å². The van der Waals surface area contributed by atoms with Crippen LogP contribution in [0.5, 0.6) is 5.75 Å². The number of benzene rings is 3. The van der Waals surface area contributed by atoms with Crippen molar-refractivity contribution in [2.45, 2.75) is 20.4 Å². The van der Waals surface area contributed by atoms with E-state index in [0.717, 1.165) is 45.1 Å². The average molecular weight is 528 g/mol. The fraction of sp³-hybridized carbons (Fsp3) is 0.172. The van der Waals surface area contributed by atoms with Crippen molar-refractivity contribution in [3.8, 4) is 5.75 Å². The minimum Gasteiger partial charge on any atom is -0.491 e. The highest BCUT2D eigenvalue weighted by Crippen LogP contribution is 2.34. The molecule has 38 heavy (non-hydrogen) atoms. The molecular weight excluding hydrogens is 502 g/mol. The van der Waals surface area contributed by atoms with E-state index in [9.17, 15) is 19.7 Å². The van der Waals surface area contributed by atoms with E-state index in [-0.39, 0.29) is 34.9 Å². The standard InChI is InChI=1S/C29H25N3O5S/c1-19-11-12-20(2)26(15-19)37-14-13-31-28(33)27(38-29(31)34)16-22-18-30(25-10-6-4-8-23(22)25)17-21-7-3-5-9-24(21)32(35)36/h3-12,15-16,18H,13-14,17H2,1-2H3/b27-16-. The molecule has 0 radical (unpaired) electrons. The number of para-hydroxylation sites is 2. The van der Waals surface area contributed by atoms with Gasteiger partial charge in [0, 0.05) is 34.3 Å². The van der Waals surface area contributed by atoms with Crippen LogP contribution in [0.2, 0.25) is 0 Å². The number of hydrogen-bond donors (Lipinski definition) is 0. The molecule has 8 nitrogen and oxygen atoms in total. The Labute approximate surface area is 223 Å². The van der Waals surface area contributed by atoms with Crippen LogP contribution in [0, 0.1) is 24.0 Å². The summed E-state index contributed by atoms with van der Waals surface area (Å²) in [6.45, 7) is 4.57. The van der Waals surface area contributed by atoms with Crippen molar-refractivity contribution in [3.05, 3.63) is 110 Å². The Hall–Kier alpha value is -4.37. The Kier molecular flexibility index (Phi) is 7.02. The Balaban J connectivity index is 1.37. The quantitative estimate of drug-likeness (QED) is 0.151. The van der Waals surface area contributed by atoms with Crippen LogP contribution in [0.15, 0.2) is 77.8 Å². The van der Waals surface area contributed by atoms with Crippen molar-refractivity contribution in [1.29, 1.82) is 0 Å². The number of thioether (sulfide) groups is 1. The number of carbonyl (C=O) groups is 2. The normalized spacial score (nSPS) is 14.6. The molecule has 2 heterocycles. The van der Waals surface area contributed by atoms with Crippen LogP contribution in [0.4, 0.5) is 10.5 Å². The van der Waals surface area contributed by atoms with Gasteiger partial charge in [0.15, 0.2) is 0 Å². The molecule has 1 fully saturated rings. The first-order chi connectivity index (χ1) is 18.3. The van der Waals surface area contributed by atoms with Gasteiger partial charge in [-0.25, -0.2) is 0 Å². The van der Waals surface area contributed by atoms with Crippen LogP contribution in [-0.2, 0) is 11.3 Å². The van der Waals surface area contributed by atoms with Gasteiger partial charge in [-0.2, -0.15) is 0 Å². The highest BCUT2D eigenvalue weighted by molar-refractivity contribution is 8.18. The van der Waals surface area contributed by atoms with Crippen LogP contribution in [0.1, 0.15) is 22.3 Å². The summed E-state index contributed by atoms with van der Waals surface area (Å²) in [6.07, 6.45) is 3.58. The van der Waals surface area contributed by atoms with Gasteiger partial charge in [0.2, 0.25) is 0 Å². The summed E-state index contributed by atoms with van der Waals surface area (Å²) in [6, 6.07) is 20.2. The number of fused-ring (bicyclic) bond motifs is 1. The van der Waals surface area contributed by atoms with Gasteiger partial charge in [-0.05, 0) is 54.9 Å². The van der Waals surface area contributed by atoms with E-state index in [2.05, 4.69) is 0 Å². The Bertz CT molecular complexity index is 1610. The van der Waals surface area contributed by atoms with Crippen molar-refractivity contribution in [3.63, 3.8) is 0 Å². The molecule has 0 aliphatic carbocycles. The summed E-state index contributed by atoms with van der Waals surface area (Å²) in [5, 5.41) is 12.0. The average Bonchev–Trinajstić information content (AvgIpc) is 3.38. The lowest BCUT2D eigenvalue weighted by molar-refractivity contribution is -0.385. The van der Waals surface area contributed by atoms with Gasteiger partial charge in [0.25, 0.3) is 16.8 Å². The maximum atomic E-state index is 13.1. The summed E-state index contributed by atoms with van der Waals surface area (Å²) in [7, 11) is 0. The minimum absolute atomic E-state index is 0.0519. The first-order valence-corrected chi connectivity index (χ1v) is 12.9. The molecule has 1 aliphatic rings. The van der Waals surface area contributed by atoms with Crippen LogP contribution >= 0.6 is 11.8 Å². The molecule has 1 aliphatic heterocycles. The zero-order valence-electron chi connectivity index (χ0n) is 20.9. The summed E-state index contributed by atoms with van der Waals surface area (Å²) in [4.78, 5) is 38.4. The predicted octanol–water partition coefficient (Wildman–Crippen LogP) is 6.33. The van der Waals surface area contributed by atoms with Gasteiger partial charge in [0.05, 0.1) is 22.9 Å². The second kappa shape index (κ2) is 10.5. The molecule has 0 saturated carbocycles. The lowest BCUT2D eigenvalue weighted by atomic mass is 10.1. The van der Waals surface area contributed by atoms with Crippen LogP contribution in [0.3, 0.4) is 0 Å². The third-order valence-electron chi connectivity index (χ3n) is 6.42. The summed E-state index contributed by atoms with van der Waals surface area (Å²) < 4.78 is 7.77. The molecular formula is C29H25N3O5S. The smallest absolute Gasteiger partial charge is 0.293 e. The molecule has 0 N–H and O–H groups in total. The first kappa shape index (κ1) is 25.3. The molecule has 1 saturated heterocycles. The molecule has 3 aromatic carbocycles. The summed E-state index contributed by atoms with van der Waals surface area (Å²) in [5.74, 6) is 0.374. The van der Waals surface area contributed by atoms with E-state index in [0.29, 0.717) is 17.0 Å². The second-order valence-electron chi connectivity index (χ2n) is 9.07. The molecule has 0 bridgehead atoms. The molecule has 9 heteroatoms. The number of aryl methyl sites for hydroxylation is 2. The number of nitro benzene ring substituents is 1. The highest BCUT2D eigenvalue weighted by Gasteiger charge is 2.35. The Morgan fingerprint density at radius 2 is 1.79 bits per heavy atom. The minimum atomic E-state index is -0.387. The molecule has 2 amide bonds. The third kappa shape index (κ3) is 5.05. The lowest BCUT2D eigenvalue weighted by Crippen LogP contribution is -2.32. The highest BCUT2D eigenvalue weighted by atomic mass is 32.2. The zero-order valence-corrected chi connectivity index (χ0v) is 21.7. The van der Waals surface area contributed by atoms with Crippen molar-refractivity contribution >= 4 is 45.6 Å². The fourth-order valence-corrected chi connectivity index (χ4v) is 5.33. The van der Waals surface area contributed by atoms with Gasteiger partial charge >= 0.3 is 0 Å².